The minimum absolute atomic E-state index is 0.340. The Labute approximate surface area is 105 Å². The number of benzene rings is 1. The second kappa shape index (κ2) is 6.65. The predicted octanol–water partition coefficient (Wildman–Crippen LogP) is 3.35. The molecule has 0 radical (unpaired) electrons. The molecule has 96 valence electrons. The van der Waals surface area contributed by atoms with E-state index in [0.29, 0.717) is 11.2 Å². The molecule has 2 heteroatoms. The van der Waals surface area contributed by atoms with Gasteiger partial charge in [-0.2, -0.15) is 0 Å². The molecule has 0 amide bonds. The van der Waals surface area contributed by atoms with E-state index in [1.807, 2.05) is 12.1 Å². The highest BCUT2D eigenvalue weighted by atomic mass is 16.3. The summed E-state index contributed by atoms with van der Waals surface area (Å²) in [4.78, 5) is 0. The second-order valence-electron chi connectivity index (χ2n) is 4.83. The van der Waals surface area contributed by atoms with Crippen molar-refractivity contribution in [2.75, 3.05) is 13.1 Å². The normalized spacial score (nSPS) is 11.7. The Morgan fingerprint density at radius 3 is 2.12 bits per heavy atom. The molecule has 17 heavy (non-hydrogen) atoms. The maximum absolute atomic E-state index is 9.30. The van der Waals surface area contributed by atoms with Crippen molar-refractivity contribution in [3.63, 3.8) is 0 Å². The summed E-state index contributed by atoms with van der Waals surface area (Å²) in [7, 11) is 0. The third kappa shape index (κ3) is 4.04. The van der Waals surface area contributed by atoms with E-state index in [9.17, 15) is 5.11 Å². The minimum Gasteiger partial charge on any atom is -0.508 e. The van der Waals surface area contributed by atoms with E-state index in [1.165, 1.54) is 18.4 Å². The molecule has 0 spiro atoms. The maximum atomic E-state index is 9.30. The minimum atomic E-state index is 0.340. The number of rotatable bonds is 7. The van der Waals surface area contributed by atoms with Crippen LogP contribution in [0.5, 0.6) is 5.75 Å². The summed E-state index contributed by atoms with van der Waals surface area (Å²) in [6.45, 7) is 8.77. The van der Waals surface area contributed by atoms with Gasteiger partial charge in [0.2, 0.25) is 0 Å². The van der Waals surface area contributed by atoms with Crippen molar-refractivity contribution in [3.05, 3.63) is 29.8 Å². The zero-order valence-electron chi connectivity index (χ0n) is 11.3. The Bertz CT molecular complexity index is 314. The van der Waals surface area contributed by atoms with E-state index in [4.69, 9.17) is 0 Å². The standard InChI is InChI=1S/C15H25NO/c1-4-15(5-2,12-16-6-3)11-13-7-9-14(17)10-8-13/h7-10,16-17H,4-6,11-12H2,1-3H3. The van der Waals surface area contributed by atoms with Gasteiger partial charge in [0.1, 0.15) is 5.75 Å². The fourth-order valence-corrected chi connectivity index (χ4v) is 2.25. The van der Waals surface area contributed by atoms with E-state index in [-0.39, 0.29) is 0 Å². The third-order valence-corrected chi connectivity index (χ3v) is 3.77. The number of nitrogens with one attached hydrogen (secondary N) is 1. The van der Waals surface area contributed by atoms with Crippen LogP contribution < -0.4 is 5.32 Å². The van der Waals surface area contributed by atoms with Crippen molar-refractivity contribution in [2.24, 2.45) is 5.41 Å². The Kier molecular flexibility index (Phi) is 5.49. The largest absolute Gasteiger partial charge is 0.508 e. The molecule has 1 aromatic rings. The Hall–Kier alpha value is -1.02. The third-order valence-electron chi connectivity index (χ3n) is 3.77. The van der Waals surface area contributed by atoms with E-state index < -0.39 is 0 Å². The summed E-state index contributed by atoms with van der Waals surface area (Å²) in [6.07, 6.45) is 3.43. The van der Waals surface area contributed by atoms with Gasteiger partial charge in [0.05, 0.1) is 0 Å². The van der Waals surface area contributed by atoms with Crippen LogP contribution >= 0.6 is 0 Å². The Morgan fingerprint density at radius 2 is 1.65 bits per heavy atom. The van der Waals surface area contributed by atoms with Crippen LogP contribution in [0.1, 0.15) is 39.2 Å². The van der Waals surface area contributed by atoms with Gasteiger partial charge in [-0.15, -0.1) is 0 Å². The smallest absolute Gasteiger partial charge is 0.115 e. The highest BCUT2D eigenvalue weighted by Gasteiger charge is 2.25. The van der Waals surface area contributed by atoms with Crippen molar-refractivity contribution in [3.8, 4) is 5.75 Å². The van der Waals surface area contributed by atoms with Gasteiger partial charge in [0.25, 0.3) is 0 Å². The summed E-state index contributed by atoms with van der Waals surface area (Å²) in [5.41, 5.74) is 1.65. The summed E-state index contributed by atoms with van der Waals surface area (Å²) in [5.74, 6) is 0.346. The first-order valence-electron chi connectivity index (χ1n) is 6.64. The first-order valence-corrected chi connectivity index (χ1v) is 6.64. The van der Waals surface area contributed by atoms with Gasteiger partial charge in [-0.3, -0.25) is 0 Å². The zero-order valence-corrected chi connectivity index (χ0v) is 11.3. The van der Waals surface area contributed by atoms with Crippen LogP contribution in [0.25, 0.3) is 0 Å². The lowest BCUT2D eigenvalue weighted by Gasteiger charge is -2.32. The van der Waals surface area contributed by atoms with Crippen LogP contribution in [-0.2, 0) is 6.42 Å². The van der Waals surface area contributed by atoms with E-state index >= 15 is 0 Å². The van der Waals surface area contributed by atoms with Gasteiger partial charge in [0.15, 0.2) is 0 Å². The number of phenols is 1. The Balaban J connectivity index is 2.74. The molecule has 0 heterocycles. The fourth-order valence-electron chi connectivity index (χ4n) is 2.25. The molecule has 1 rings (SSSR count). The summed E-state index contributed by atoms with van der Waals surface area (Å²) in [6, 6.07) is 7.61. The van der Waals surface area contributed by atoms with Gasteiger partial charge >= 0.3 is 0 Å². The SMILES string of the molecule is CCNCC(CC)(CC)Cc1ccc(O)cc1. The average molecular weight is 235 g/mol. The van der Waals surface area contributed by atoms with E-state index in [1.54, 1.807) is 12.1 Å². The van der Waals surface area contributed by atoms with Gasteiger partial charge in [0, 0.05) is 6.54 Å². The molecule has 0 unspecified atom stereocenters. The van der Waals surface area contributed by atoms with Crippen molar-refractivity contribution in [2.45, 2.75) is 40.0 Å². The predicted molar refractivity (Wildman–Crippen MR) is 73.4 cm³/mol. The molecule has 0 atom stereocenters. The number of hydrogen-bond acceptors (Lipinski definition) is 2. The molecule has 1 aromatic carbocycles. The summed E-state index contributed by atoms with van der Waals surface area (Å²) in [5, 5.41) is 12.8. The molecule has 0 fully saturated rings. The fraction of sp³-hybridized carbons (Fsp3) is 0.600. The van der Waals surface area contributed by atoms with Crippen LogP contribution in [0.4, 0.5) is 0 Å². The highest BCUT2D eigenvalue weighted by Crippen LogP contribution is 2.30. The molecule has 0 bridgehead atoms. The molecule has 2 nitrogen and oxygen atoms in total. The molecule has 0 saturated carbocycles. The molecular formula is C15H25NO. The van der Waals surface area contributed by atoms with E-state index in [2.05, 4.69) is 26.1 Å². The Morgan fingerprint density at radius 1 is 1.06 bits per heavy atom. The molecule has 0 aliphatic carbocycles. The second-order valence-corrected chi connectivity index (χ2v) is 4.83. The van der Waals surface area contributed by atoms with Crippen LogP contribution in [0.3, 0.4) is 0 Å². The number of hydrogen-bond donors (Lipinski definition) is 2. The summed E-state index contributed by atoms with van der Waals surface area (Å²) >= 11 is 0. The lowest BCUT2D eigenvalue weighted by molar-refractivity contribution is 0.248. The first kappa shape index (κ1) is 14.0. The van der Waals surface area contributed by atoms with Crippen molar-refractivity contribution in [1.29, 1.82) is 0 Å². The van der Waals surface area contributed by atoms with Gasteiger partial charge in [-0.25, -0.2) is 0 Å². The maximum Gasteiger partial charge on any atom is 0.115 e. The molecule has 0 aliphatic heterocycles. The molecular weight excluding hydrogens is 210 g/mol. The van der Waals surface area contributed by atoms with Crippen LogP contribution in [0.15, 0.2) is 24.3 Å². The highest BCUT2D eigenvalue weighted by molar-refractivity contribution is 5.26. The first-order chi connectivity index (χ1) is 8.15. The van der Waals surface area contributed by atoms with Crippen molar-refractivity contribution < 1.29 is 5.11 Å². The summed E-state index contributed by atoms with van der Waals surface area (Å²) < 4.78 is 0. The van der Waals surface area contributed by atoms with Crippen LogP contribution in [-0.4, -0.2) is 18.2 Å². The van der Waals surface area contributed by atoms with E-state index in [0.717, 1.165) is 19.5 Å². The zero-order chi connectivity index (χ0) is 12.7. The van der Waals surface area contributed by atoms with Crippen molar-refractivity contribution >= 4 is 0 Å². The molecule has 0 saturated heterocycles. The van der Waals surface area contributed by atoms with Gasteiger partial charge in [-0.1, -0.05) is 32.9 Å². The monoisotopic (exact) mass is 235 g/mol. The van der Waals surface area contributed by atoms with Gasteiger partial charge < -0.3 is 10.4 Å². The van der Waals surface area contributed by atoms with Crippen molar-refractivity contribution in [1.82, 2.24) is 5.32 Å². The van der Waals surface area contributed by atoms with Gasteiger partial charge in [-0.05, 0) is 48.9 Å². The number of phenolic OH excluding ortho intramolecular Hbond substituents is 1. The topological polar surface area (TPSA) is 32.3 Å². The molecule has 2 N–H and O–H groups in total. The lowest BCUT2D eigenvalue weighted by Crippen LogP contribution is -2.35. The lowest BCUT2D eigenvalue weighted by atomic mass is 9.77. The van der Waals surface area contributed by atoms with Crippen LogP contribution in [0.2, 0.25) is 0 Å². The average Bonchev–Trinajstić information content (AvgIpc) is 2.37. The quantitative estimate of drug-likeness (QED) is 0.759. The number of aromatic hydroxyl groups is 1. The molecule has 0 aliphatic rings. The van der Waals surface area contributed by atoms with Crippen LogP contribution in [0, 0.1) is 5.41 Å². The molecule has 0 aromatic heterocycles.